The van der Waals surface area contributed by atoms with Gasteiger partial charge in [0.1, 0.15) is 5.75 Å². The predicted molar refractivity (Wildman–Crippen MR) is 145 cm³/mol. The summed E-state index contributed by atoms with van der Waals surface area (Å²) in [6, 6.07) is 15.3. The van der Waals surface area contributed by atoms with E-state index in [-0.39, 0.29) is 11.7 Å². The number of nitrogens with one attached hydrogen (secondary N) is 2. The summed E-state index contributed by atoms with van der Waals surface area (Å²) in [6.07, 6.45) is 5.70. The second-order valence-corrected chi connectivity index (χ2v) is 9.64. The van der Waals surface area contributed by atoms with Crippen LogP contribution in [-0.2, 0) is 4.79 Å². The first-order chi connectivity index (χ1) is 16.9. The van der Waals surface area contributed by atoms with Gasteiger partial charge in [-0.15, -0.1) is 0 Å². The molecule has 6 nitrogen and oxygen atoms in total. The van der Waals surface area contributed by atoms with Crippen LogP contribution in [-0.4, -0.2) is 23.3 Å². The lowest BCUT2D eigenvalue weighted by Gasteiger charge is -2.12. The van der Waals surface area contributed by atoms with Crippen LogP contribution >= 0.6 is 31.9 Å². The number of hydrogen-bond donors (Lipinski definition) is 2. The minimum atomic E-state index is -0.297. The van der Waals surface area contributed by atoms with Crippen molar-refractivity contribution in [3.05, 3.63) is 92.5 Å². The third kappa shape index (κ3) is 5.89. The van der Waals surface area contributed by atoms with Crippen LogP contribution in [0.4, 0.5) is 0 Å². The van der Waals surface area contributed by atoms with Gasteiger partial charge in [0.05, 0.1) is 32.3 Å². The third-order valence-electron chi connectivity index (χ3n) is 5.38. The predicted octanol–water partition coefficient (Wildman–Crippen LogP) is 6.26. The Morgan fingerprint density at radius 3 is 2.63 bits per heavy atom. The topological polar surface area (TPSA) is 80.3 Å². The maximum Gasteiger partial charge on any atom is 0.270 e. The molecule has 1 heterocycles. The Balaban J connectivity index is 1.62. The van der Waals surface area contributed by atoms with Crippen LogP contribution in [0.25, 0.3) is 22.2 Å². The van der Waals surface area contributed by atoms with Crippen molar-refractivity contribution in [2.75, 3.05) is 6.61 Å². The van der Waals surface area contributed by atoms with Gasteiger partial charge in [-0.25, -0.2) is 4.98 Å². The highest BCUT2D eigenvalue weighted by atomic mass is 79.9. The fourth-order valence-corrected chi connectivity index (χ4v) is 4.78. The summed E-state index contributed by atoms with van der Waals surface area (Å²) in [4.78, 5) is 30.0. The molecule has 0 aliphatic heterocycles. The summed E-state index contributed by atoms with van der Waals surface area (Å²) in [7, 11) is 0. The van der Waals surface area contributed by atoms with Crippen LogP contribution in [0.2, 0.25) is 0 Å². The number of amides is 1. The first kappa shape index (κ1) is 24.9. The molecule has 0 radical (unpaired) electrons. The zero-order valence-corrected chi connectivity index (χ0v) is 22.4. The molecule has 0 saturated heterocycles. The zero-order chi connectivity index (χ0) is 24.9. The Kier molecular flexibility index (Phi) is 7.83. The lowest BCUT2D eigenvalue weighted by atomic mass is 10.0. The highest BCUT2D eigenvalue weighted by Gasteiger charge is 2.16. The van der Waals surface area contributed by atoms with Gasteiger partial charge in [-0.3, -0.25) is 15.0 Å². The molecule has 0 unspecified atom stereocenters. The second kappa shape index (κ2) is 11.0. The monoisotopic (exact) mass is 595 g/mol. The van der Waals surface area contributed by atoms with E-state index in [1.807, 2.05) is 56.3 Å². The van der Waals surface area contributed by atoms with Crippen LogP contribution in [0.3, 0.4) is 0 Å². The first-order valence-corrected chi connectivity index (χ1v) is 12.6. The number of halogens is 2. The highest BCUT2D eigenvalue weighted by molar-refractivity contribution is 9.13. The van der Waals surface area contributed by atoms with E-state index in [2.05, 4.69) is 42.7 Å². The van der Waals surface area contributed by atoms with Crippen LogP contribution in [0, 0.1) is 6.92 Å². The molecule has 2 N–H and O–H groups in total. The number of hydrazine groups is 1. The maximum atomic E-state index is 13.2. The molecular formula is C27H23Br2N3O3. The molecule has 2 aromatic carbocycles. The number of fused-ring (bicyclic) bond motifs is 1. The minimum absolute atomic E-state index is 0.127. The Bertz CT molecular complexity index is 1390. The summed E-state index contributed by atoms with van der Waals surface area (Å²) in [5, 5.41) is 0.756. The fourth-order valence-electron chi connectivity index (χ4n) is 3.63. The van der Waals surface area contributed by atoms with Gasteiger partial charge in [0.2, 0.25) is 5.78 Å². The highest BCUT2D eigenvalue weighted by Crippen LogP contribution is 2.28. The van der Waals surface area contributed by atoms with Gasteiger partial charge in [-0.1, -0.05) is 18.2 Å². The van der Waals surface area contributed by atoms with E-state index in [1.165, 1.54) is 0 Å². The van der Waals surface area contributed by atoms with E-state index in [1.54, 1.807) is 24.4 Å². The van der Waals surface area contributed by atoms with Crippen LogP contribution in [0.15, 0.2) is 81.4 Å². The average Bonchev–Trinajstić information content (AvgIpc) is 2.97. The maximum absolute atomic E-state index is 13.2. The summed E-state index contributed by atoms with van der Waals surface area (Å²) < 4.78 is 6.47. The number of aryl methyl sites for hydroxylation is 1. The number of benzene rings is 2. The van der Waals surface area contributed by atoms with Crippen molar-refractivity contribution in [1.29, 1.82) is 0 Å². The Labute approximate surface area is 220 Å². The number of ether oxygens (including phenoxy) is 1. The molecule has 1 aromatic heterocycles. The van der Waals surface area contributed by atoms with Crippen LogP contribution in [0.1, 0.15) is 29.3 Å². The van der Waals surface area contributed by atoms with Gasteiger partial charge in [0.15, 0.2) is 0 Å². The van der Waals surface area contributed by atoms with Crippen molar-refractivity contribution in [2.45, 2.75) is 20.3 Å². The quantitative estimate of drug-likeness (QED) is 0.328. The molecule has 178 valence electrons. The van der Waals surface area contributed by atoms with Gasteiger partial charge in [-0.05, 0) is 106 Å². The number of allylic oxidation sites excluding steroid dienone is 5. The standard InChI is InChI=1S/C27H23Br2N3O3/c1-3-35-19-8-6-18(7-9-19)24-14-21(20-10-4-16(2)12-25(20)31-24)27(34)32-30-15-17-5-11-22(28)26(33)23(29)13-17/h4,6-15,30H,3,5H2,1-2H3,(H,32,34)/b17-15-. The molecule has 4 rings (SSSR count). The van der Waals surface area contributed by atoms with E-state index < -0.39 is 0 Å². The lowest BCUT2D eigenvalue weighted by Crippen LogP contribution is -2.34. The zero-order valence-electron chi connectivity index (χ0n) is 19.2. The largest absolute Gasteiger partial charge is 0.494 e. The second-order valence-electron chi connectivity index (χ2n) is 7.93. The van der Waals surface area contributed by atoms with Crippen LogP contribution < -0.4 is 15.6 Å². The van der Waals surface area contributed by atoms with Crippen molar-refractivity contribution < 1.29 is 14.3 Å². The Hall–Kier alpha value is -3.23. The number of pyridine rings is 1. The number of aromatic nitrogens is 1. The average molecular weight is 597 g/mol. The molecule has 0 bridgehead atoms. The number of carbonyl (C=O) groups excluding carboxylic acids is 2. The normalized spacial score (nSPS) is 14.9. The SMILES string of the molecule is CCOc1ccc(-c2cc(C(=O)NN/C=C3\C=C(Br)C(=O)C(Br)=CC3)c3ccc(C)cc3n2)cc1. The Morgan fingerprint density at radius 2 is 1.89 bits per heavy atom. The molecule has 1 amide bonds. The number of carbonyl (C=O) groups is 2. The summed E-state index contributed by atoms with van der Waals surface area (Å²) in [5.41, 5.74) is 10.3. The summed E-state index contributed by atoms with van der Waals surface area (Å²) >= 11 is 6.56. The van der Waals surface area contributed by atoms with Crippen molar-refractivity contribution in [2.24, 2.45) is 0 Å². The fraction of sp³-hybridized carbons (Fsp3) is 0.148. The van der Waals surface area contributed by atoms with Crippen molar-refractivity contribution in [1.82, 2.24) is 15.8 Å². The molecular weight excluding hydrogens is 574 g/mol. The van der Waals surface area contributed by atoms with Gasteiger partial charge >= 0.3 is 0 Å². The van der Waals surface area contributed by atoms with Gasteiger partial charge < -0.3 is 10.2 Å². The lowest BCUT2D eigenvalue weighted by molar-refractivity contribution is -0.110. The van der Waals surface area contributed by atoms with E-state index in [0.29, 0.717) is 33.2 Å². The summed E-state index contributed by atoms with van der Waals surface area (Å²) in [5.74, 6) is 0.360. The third-order valence-corrected chi connectivity index (χ3v) is 6.65. The molecule has 1 aliphatic rings. The van der Waals surface area contributed by atoms with E-state index >= 15 is 0 Å². The molecule has 0 fully saturated rings. The van der Waals surface area contributed by atoms with Crippen molar-refractivity contribution in [3.8, 4) is 17.0 Å². The minimum Gasteiger partial charge on any atom is -0.494 e. The number of ketones is 1. The molecule has 3 aromatic rings. The van der Waals surface area contributed by atoms with Crippen molar-refractivity contribution >= 4 is 54.5 Å². The van der Waals surface area contributed by atoms with Gasteiger partial charge in [0, 0.05) is 17.1 Å². The number of hydrogen-bond acceptors (Lipinski definition) is 5. The van der Waals surface area contributed by atoms with Crippen molar-refractivity contribution in [3.63, 3.8) is 0 Å². The van der Waals surface area contributed by atoms with E-state index in [0.717, 1.165) is 33.4 Å². The number of nitrogens with zero attached hydrogens (tertiary/aromatic N) is 1. The molecule has 0 atom stereocenters. The smallest absolute Gasteiger partial charge is 0.270 e. The molecule has 0 spiro atoms. The number of Topliss-reactive ketones (excluding diaryl/α,β-unsaturated/α-hetero) is 1. The molecule has 1 aliphatic carbocycles. The number of rotatable bonds is 6. The molecule has 8 heteroatoms. The molecule has 35 heavy (non-hydrogen) atoms. The van der Waals surface area contributed by atoms with Gasteiger partial charge in [0.25, 0.3) is 5.91 Å². The first-order valence-electron chi connectivity index (χ1n) is 11.0. The summed E-state index contributed by atoms with van der Waals surface area (Å²) in [6.45, 7) is 4.53. The molecule has 0 saturated carbocycles. The van der Waals surface area contributed by atoms with E-state index in [4.69, 9.17) is 9.72 Å². The van der Waals surface area contributed by atoms with Gasteiger partial charge in [-0.2, -0.15) is 0 Å². The van der Waals surface area contributed by atoms with Crippen LogP contribution in [0.5, 0.6) is 5.75 Å². The van der Waals surface area contributed by atoms with E-state index in [9.17, 15) is 9.59 Å². The Morgan fingerprint density at radius 1 is 1.11 bits per heavy atom.